The highest BCUT2D eigenvalue weighted by molar-refractivity contribution is 5.44. The van der Waals surface area contributed by atoms with E-state index in [4.69, 9.17) is 0 Å². The Labute approximate surface area is 94.1 Å². The van der Waals surface area contributed by atoms with E-state index in [1.807, 2.05) is 0 Å². The molecule has 0 heterocycles. The van der Waals surface area contributed by atoms with Crippen LogP contribution in [0.25, 0.3) is 0 Å². The van der Waals surface area contributed by atoms with Crippen LogP contribution in [0, 0.1) is 22.0 Å². The minimum absolute atomic E-state index is 0.107. The second-order valence-electron chi connectivity index (χ2n) is 4.70. The Balaban J connectivity index is 2.36. The monoisotopic (exact) mass is 221 g/mol. The molecule has 1 N–H and O–H groups in total. The lowest BCUT2D eigenvalue weighted by molar-refractivity contribution is -0.384. The van der Waals surface area contributed by atoms with Gasteiger partial charge < -0.3 is 5.11 Å². The third-order valence-electron chi connectivity index (χ3n) is 3.37. The largest absolute Gasteiger partial charge is 0.388 e. The van der Waals surface area contributed by atoms with E-state index in [9.17, 15) is 15.2 Å². The van der Waals surface area contributed by atoms with Crippen molar-refractivity contribution in [1.82, 2.24) is 0 Å². The summed E-state index contributed by atoms with van der Waals surface area (Å²) in [7, 11) is 0. The number of fused-ring (bicyclic) bond motifs is 1. The van der Waals surface area contributed by atoms with Crippen LogP contribution in [0.1, 0.15) is 31.1 Å². The molecule has 0 amide bonds. The zero-order valence-electron chi connectivity index (χ0n) is 9.38. The van der Waals surface area contributed by atoms with E-state index in [-0.39, 0.29) is 11.6 Å². The van der Waals surface area contributed by atoms with Gasteiger partial charge >= 0.3 is 0 Å². The summed E-state index contributed by atoms with van der Waals surface area (Å²) in [5, 5.41) is 20.7. The minimum Gasteiger partial charge on any atom is -0.388 e. The fourth-order valence-electron chi connectivity index (χ4n) is 2.37. The van der Waals surface area contributed by atoms with Gasteiger partial charge in [-0.1, -0.05) is 13.8 Å². The Morgan fingerprint density at radius 2 is 2.19 bits per heavy atom. The van der Waals surface area contributed by atoms with Gasteiger partial charge in [-0.05, 0) is 35.4 Å². The van der Waals surface area contributed by atoms with Crippen LogP contribution in [0.5, 0.6) is 0 Å². The van der Waals surface area contributed by atoms with Crippen molar-refractivity contribution in [1.29, 1.82) is 0 Å². The van der Waals surface area contributed by atoms with Crippen LogP contribution in [0.3, 0.4) is 0 Å². The third kappa shape index (κ3) is 1.69. The molecule has 16 heavy (non-hydrogen) atoms. The number of nitrogens with zero attached hydrogens (tertiary/aromatic N) is 1. The molecule has 2 rings (SSSR count). The Kier molecular flexibility index (Phi) is 2.68. The predicted molar refractivity (Wildman–Crippen MR) is 60.1 cm³/mol. The van der Waals surface area contributed by atoms with Crippen molar-refractivity contribution >= 4 is 5.69 Å². The van der Waals surface area contributed by atoms with Crippen LogP contribution in [0.15, 0.2) is 18.2 Å². The fraction of sp³-hybridized carbons (Fsp3) is 0.500. The average molecular weight is 221 g/mol. The maximum Gasteiger partial charge on any atom is 0.269 e. The molecule has 2 unspecified atom stereocenters. The van der Waals surface area contributed by atoms with E-state index in [2.05, 4.69) is 13.8 Å². The summed E-state index contributed by atoms with van der Waals surface area (Å²) in [5.74, 6) is 0.554. The van der Waals surface area contributed by atoms with Gasteiger partial charge in [-0.25, -0.2) is 0 Å². The summed E-state index contributed by atoms with van der Waals surface area (Å²) in [4.78, 5) is 10.2. The average Bonchev–Trinajstić information content (AvgIpc) is 2.55. The molecule has 86 valence electrons. The molecule has 1 aromatic carbocycles. The normalized spacial score (nSPS) is 23.5. The number of benzene rings is 1. The van der Waals surface area contributed by atoms with Crippen molar-refractivity contribution in [3.05, 3.63) is 39.4 Å². The lowest BCUT2D eigenvalue weighted by Crippen LogP contribution is -2.13. The van der Waals surface area contributed by atoms with Gasteiger partial charge in [0.1, 0.15) is 0 Å². The fourth-order valence-corrected chi connectivity index (χ4v) is 2.37. The van der Waals surface area contributed by atoms with Gasteiger partial charge in [0.2, 0.25) is 0 Å². The van der Waals surface area contributed by atoms with Crippen molar-refractivity contribution in [2.75, 3.05) is 0 Å². The van der Waals surface area contributed by atoms with Crippen LogP contribution in [-0.4, -0.2) is 10.0 Å². The van der Waals surface area contributed by atoms with Crippen molar-refractivity contribution in [2.24, 2.45) is 11.8 Å². The molecule has 4 heteroatoms. The van der Waals surface area contributed by atoms with Crippen LogP contribution >= 0.6 is 0 Å². The first-order valence-electron chi connectivity index (χ1n) is 5.46. The van der Waals surface area contributed by atoms with Crippen molar-refractivity contribution in [3.8, 4) is 0 Å². The molecule has 0 aromatic heterocycles. The first-order valence-corrected chi connectivity index (χ1v) is 5.46. The lowest BCUT2D eigenvalue weighted by atomic mass is 9.91. The van der Waals surface area contributed by atoms with E-state index in [0.717, 1.165) is 17.5 Å². The van der Waals surface area contributed by atoms with Crippen LogP contribution in [-0.2, 0) is 6.42 Å². The Hall–Kier alpha value is -1.42. The molecule has 0 aliphatic heterocycles. The number of hydrogen-bond donors (Lipinski definition) is 1. The third-order valence-corrected chi connectivity index (χ3v) is 3.37. The number of aliphatic hydroxyl groups excluding tert-OH is 1. The van der Waals surface area contributed by atoms with Crippen LogP contribution in [0.2, 0.25) is 0 Å². The van der Waals surface area contributed by atoms with E-state index < -0.39 is 11.0 Å². The van der Waals surface area contributed by atoms with Gasteiger partial charge in [0, 0.05) is 12.1 Å². The Morgan fingerprint density at radius 3 is 2.75 bits per heavy atom. The lowest BCUT2D eigenvalue weighted by Gasteiger charge is -2.18. The minimum atomic E-state index is -0.476. The number of non-ortho nitro benzene ring substituents is 1. The molecule has 4 nitrogen and oxygen atoms in total. The molecule has 1 aliphatic carbocycles. The molecule has 0 radical (unpaired) electrons. The van der Waals surface area contributed by atoms with E-state index in [1.54, 1.807) is 12.1 Å². The van der Waals surface area contributed by atoms with Crippen LogP contribution < -0.4 is 0 Å². The summed E-state index contributed by atoms with van der Waals surface area (Å²) in [6, 6.07) is 4.73. The zero-order valence-corrected chi connectivity index (χ0v) is 9.38. The number of rotatable bonds is 2. The SMILES string of the molecule is CC(C)C1Cc2cc([N+](=O)[O-])ccc2C1O. The smallest absolute Gasteiger partial charge is 0.269 e. The van der Waals surface area contributed by atoms with Gasteiger partial charge in [0.25, 0.3) is 5.69 Å². The quantitative estimate of drug-likeness (QED) is 0.616. The first kappa shape index (κ1) is 11.1. The number of nitro benzene ring substituents is 1. The van der Waals surface area contributed by atoms with Gasteiger partial charge in [0.15, 0.2) is 0 Å². The van der Waals surface area contributed by atoms with Crippen molar-refractivity contribution < 1.29 is 10.0 Å². The second-order valence-corrected chi connectivity index (χ2v) is 4.70. The van der Waals surface area contributed by atoms with E-state index in [0.29, 0.717) is 5.92 Å². The molecule has 0 fully saturated rings. The van der Waals surface area contributed by atoms with Gasteiger partial charge in [-0.2, -0.15) is 0 Å². The van der Waals surface area contributed by atoms with Gasteiger partial charge in [-0.3, -0.25) is 10.1 Å². The van der Waals surface area contributed by atoms with E-state index >= 15 is 0 Å². The molecule has 0 saturated heterocycles. The van der Waals surface area contributed by atoms with Crippen LogP contribution in [0.4, 0.5) is 5.69 Å². The predicted octanol–water partition coefficient (Wildman–Crippen LogP) is 2.46. The van der Waals surface area contributed by atoms with E-state index in [1.165, 1.54) is 6.07 Å². The highest BCUT2D eigenvalue weighted by atomic mass is 16.6. The molecule has 0 bridgehead atoms. The number of aliphatic hydroxyl groups is 1. The number of hydrogen-bond acceptors (Lipinski definition) is 3. The zero-order chi connectivity index (χ0) is 11.9. The van der Waals surface area contributed by atoms with Gasteiger partial charge in [0.05, 0.1) is 11.0 Å². The summed E-state index contributed by atoms with van der Waals surface area (Å²) in [6.07, 6.45) is 0.256. The topological polar surface area (TPSA) is 63.4 Å². The maximum atomic E-state index is 10.6. The highest BCUT2D eigenvalue weighted by Crippen LogP contribution is 2.41. The molecule has 1 aromatic rings. The van der Waals surface area contributed by atoms with Crippen molar-refractivity contribution in [2.45, 2.75) is 26.4 Å². The highest BCUT2D eigenvalue weighted by Gasteiger charge is 2.33. The summed E-state index contributed by atoms with van der Waals surface area (Å²) in [5.41, 5.74) is 1.88. The number of nitro groups is 1. The van der Waals surface area contributed by atoms with Gasteiger partial charge in [-0.15, -0.1) is 0 Å². The standard InChI is InChI=1S/C12H15NO3/c1-7(2)11-6-8-5-9(13(15)16)3-4-10(8)12(11)14/h3-5,7,11-12,14H,6H2,1-2H3. The summed E-state index contributed by atoms with van der Waals surface area (Å²) in [6.45, 7) is 4.13. The second kappa shape index (κ2) is 3.87. The molecular formula is C12H15NO3. The summed E-state index contributed by atoms with van der Waals surface area (Å²) >= 11 is 0. The molecule has 0 spiro atoms. The maximum absolute atomic E-state index is 10.6. The molecular weight excluding hydrogens is 206 g/mol. The first-order chi connectivity index (χ1) is 7.50. The molecule has 1 aliphatic rings. The Bertz CT molecular complexity index is 428. The van der Waals surface area contributed by atoms with Crippen molar-refractivity contribution in [3.63, 3.8) is 0 Å². The molecule has 0 saturated carbocycles. The summed E-state index contributed by atoms with van der Waals surface area (Å²) < 4.78 is 0. The Morgan fingerprint density at radius 1 is 1.50 bits per heavy atom. The molecule has 2 atom stereocenters.